The van der Waals surface area contributed by atoms with Crippen LogP contribution in [-0.2, 0) is 4.79 Å². The number of anilines is 1. The molecule has 0 aromatic heterocycles. The van der Waals surface area contributed by atoms with Gasteiger partial charge in [-0.1, -0.05) is 13.0 Å². The van der Waals surface area contributed by atoms with Crippen LogP contribution in [0.2, 0.25) is 0 Å². The van der Waals surface area contributed by atoms with Crippen molar-refractivity contribution in [1.29, 1.82) is 0 Å². The number of ether oxygens (including phenoxy) is 1. The van der Waals surface area contributed by atoms with Gasteiger partial charge in [0, 0.05) is 18.3 Å². The molecule has 0 spiro atoms. The first-order chi connectivity index (χ1) is 9.17. The summed E-state index contributed by atoms with van der Waals surface area (Å²) in [6.45, 7) is 4.76. The molecule has 4 nitrogen and oxygen atoms in total. The van der Waals surface area contributed by atoms with Crippen LogP contribution in [0.4, 0.5) is 5.69 Å². The molecule has 4 heteroatoms. The van der Waals surface area contributed by atoms with Gasteiger partial charge in [0.1, 0.15) is 5.75 Å². The number of benzene rings is 1. The molecular weight excluding hydrogens is 240 g/mol. The zero-order valence-corrected chi connectivity index (χ0v) is 11.7. The molecule has 2 rings (SSSR count). The highest BCUT2D eigenvalue weighted by Gasteiger charge is 2.18. The number of piperidine rings is 1. The fourth-order valence-corrected chi connectivity index (χ4v) is 2.53. The molecule has 1 atom stereocenters. The first-order valence-corrected chi connectivity index (χ1v) is 6.83. The Hall–Kier alpha value is -1.55. The largest absolute Gasteiger partial charge is 0.497 e. The molecule has 1 amide bonds. The summed E-state index contributed by atoms with van der Waals surface area (Å²) in [5, 5.41) is 2.92. The van der Waals surface area contributed by atoms with Crippen LogP contribution in [0.1, 0.15) is 19.8 Å². The van der Waals surface area contributed by atoms with Crippen LogP contribution in [0.3, 0.4) is 0 Å². The van der Waals surface area contributed by atoms with Crippen LogP contribution in [0.25, 0.3) is 0 Å². The highest BCUT2D eigenvalue weighted by molar-refractivity contribution is 5.92. The van der Waals surface area contributed by atoms with Crippen molar-refractivity contribution in [2.24, 2.45) is 5.92 Å². The van der Waals surface area contributed by atoms with Gasteiger partial charge in [0.05, 0.1) is 13.7 Å². The molecule has 0 unspecified atom stereocenters. The molecule has 1 aliphatic heterocycles. The van der Waals surface area contributed by atoms with Crippen molar-refractivity contribution < 1.29 is 9.53 Å². The normalized spacial score (nSPS) is 20.0. The Morgan fingerprint density at radius 3 is 3.11 bits per heavy atom. The molecule has 1 heterocycles. The van der Waals surface area contributed by atoms with E-state index in [1.165, 1.54) is 12.8 Å². The summed E-state index contributed by atoms with van der Waals surface area (Å²) < 4.78 is 5.14. The zero-order chi connectivity index (χ0) is 13.7. The number of nitrogens with zero attached hydrogens (tertiary/aromatic N) is 1. The van der Waals surface area contributed by atoms with Crippen molar-refractivity contribution in [2.75, 3.05) is 32.1 Å². The first-order valence-electron chi connectivity index (χ1n) is 6.83. The second kappa shape index (κ2) is 6.57. The van der Waals surface area contributed by atoms with E-state index < -0.39 is 0 Å². The Morgan fingerprint density at radius 1 is 1.53 bits per heavy atom. The highest BCUT2D eigenvalue weighted by Crippen LogP contribution is 2.18. The SMILES string of the molecule is COc1cccc(NC(=O)CN2CCC[C@@H](C)C2)c1. The molecule has 104 valence electrons. The summed E-state index contributed by atoms with van der Waals surface area (Å²) in [5.41, 5.74) is 0.786. The third-order valence-electron chi connectivity index (χ3n) is 3.46. The number of hydrogen-bond acceptors (Lipinski definition) is 3. The fraction of sp³-hybridized carbons (Fsp3) is 0.533. The second-order valence-electron chi connectivity index (χ2n) is 5.26. The predicted molar refractivity (Wildman–Crippen MR) is 76.5 cm³/mol. The van der Waals surface area contributed by atoms with E-state index >= 15 is 0 Å². The van der Waals surface area contributed by atoms with E-state index in [0.717, 1.165) is 24.5 Å². The summed E-state index contributed by atoms with van der Waals surface area (Å²) in [6, 6.07) is 7.44. The Labute approximate surface area is 114 Å². The number of nitrogens with one attached hydrogen (secondary N) is 1. The number of carbonyl (C=O) groups excluding carboxylic acids is 1. The lowest BCUT2D eigenvalue weighted by Crippen LogP contribution is -2.39. The maximum Gasteiger partial charge on any atom is 0.238 e. The van der Waals surface area contributed by atoms with E-state index in [1.54, 1.807) is 7.11 Å². The summed E-state index contributed by atoms with van der Waals surface area (Å²) in [4.78, 5) is 14.2. The van der Waals surface area contributed by atoms with Gasteiger partial charge in [0.25, 0.3) is 0 Å². The predicted octanol–water partition coefficient (Wildman–Crippen LogP) is 2.37. The van der Waals surface area contributed by atoms with Gasteiger partial charge >= 0.3 is 0 Å². The minimum Gasteiger partial charge on any atom is -0.497 e. The lowest BCUT2D eigenvalue weighted by molar-refractivity contribution is -0.117. The molecule has 0 radical (unpaired) electrons. The van der Waals surface area contributed by atoms with Crippen molar-refractivity contribution in [3.05, 3.63) is 24.3 Å². The molecule has 1 aromatic carbocycles. The summed E-state index contributed by atoms with van der Waals surface area (Å²) in [6.07, 6.45) is 2.46. The van der Waals surface area contributed by atoms with Crippen molar-refractivity contribution in [1.82, 2.24) is 4.90 Å². The molecule has 1 saturated heterocycles. The Kier molecular flexibility index (Phi) is 4.80. The smallest absolute Gasteiger partial charge is 0.238 e. The van der Waals surface area contributed by atoms with Gasteiger partial charge in [-0.2, -0.15) is 0 Å². The van der Waals surface area contributed by atoms with Crippen LogP contribution < -0.4 is 10.1 Å². The second-order valence-corrected chi connectivity index (χ2v) is 5.26. The molecule has 1 aromatic rings. The van der Waals surface area contributed by atoms with Gasteiger partial charge in [-0.3, -0.25) is 9.69 Å². The van der Waals surface area contributed by atoms with Gasteiger partial charge in [0.15, 0.2) is 0 Å². The van der Waals surface area contributed by atoms with Crippen LogP contribution >= 0.6 is 0 Å². The number of carbonyl (C=O) groups is 1. The summed E-state index contributed by atoms with van der Waals surface area (Å²) in [7, 11) is 1.62. The molecule has 1 N–H and O–H groups in total. The average Bonchev–Trinajstić information content (AvgIpc) is 2.38. The van der Waals surface area contributed by atoms with E-state index in [0.29, 0.717) is 12.5 Å². The topological polar surface area (TPSA) is 41.6 Å². The molecule has 0 saturated carbocycles. The summed E-state index contributed by atoms with van der Waals surface area (Å²) >= 11 is 0. The monoisotopic (exact) mass is 262 g/mol. The van der Waals surface area contributed by atoms with E-state index in [1.807, 2.05) is 24.3 Å². The number of rotatable bonds is 4. The highest BCUT2D eigenvalue weighted by atomic mass is 16.5. The van der Waals surface area contributed by atoms with Gasteiger partial charge < -0.3 is 10.1 Å². The van der Waals surface area contributed by atoms with Gasteiger partial charge in [-0.25, -0.2) is 0 Å². The number of methoxy groups -OCH3 is 1. The van der Waals surface area contributed by atoms with Crippen molar-refractivity contribution in [2.45, 2.75) is 19.8 Å². The lowest BCUT2D eigenvalue weighted by atomic mass is 10.0. The van der Waals surface area contributed by atoms with E-state index in [2.05, 4.69) is 17.1 Å². The van der Waals surface area contributed by atoms with Crippen LogP contribution in [0.5, 0.6) is 5.75 Å². The van der Waals surface area contributed by atoms with Gasteiger partial charge in [-0.15, -0.1) is 0 Å². The molecule has 0 aliphatic carbocycles. The Morgan fingerprint density at radius 2 is 2.37 bits per heavy atom. The quantitative estimate of drug-likeness (QED) is 0.905. The minimum atomic E-state index is 0.0438. The zero-order valence-electron chi connectivity index (χ0n) is 11.7. The maximum absolute atomic E-state index is 12.0. The van der Waals surface area contributed by atoms with E-state index in [4.69, 9.17) is 4.74 Å². The number of amides is 1. The molecule has 1 aliphatic rings. The van der Waals surface area contributed by atoms with Crippen LogP contribution in [-0.4, -0.2) is 37.6 Å². The van der Waals surface area contributed by atoms with E-state index in [9.17, 15) is 4.79 Å². The number of likely N-dealkylation sites (tertiary alicyclic amines) is 1. The first kappa shape index (κ1) is 13.9. The van der Waals surface area contributed by atoms with Crippen molar-refractivity contribution in [3.63, 3.8) is 0 Å². The van der Waals surface area contributed by atoms with Gasteiger partial charge in [-0.05, 0) is 37.4 Å². The Bertz CT molecular complexity index is 434. The lowest BCUT2D eigenvalue weighted by Gasteiger charge is -2.30. The molecule has 1 fully saturated rings. The minimum absolute atomic E-state index is 0.0438. The van der Waals surface area contributed by atoms with E-state index in [-0.39, 0.29) is 5.91 Å². The molecule has 19 heavy (non-hydrogen) atoms. The third-order valence-corrected chi connectivity index (χ3v) is 3.46. The molecular formula is C15H22N2O2. The summed E-state index contributed by atoms with van der Waals surface area (Å²) in [5.74, 6) is 1.49. The molecule has 0 bridgehead atoms. The maximum atomic E-state index is 12.0. The van der Waals surface area contributed by atoms with Crippen molar-refractivity contribution in [3.8, 4) is 5.75 Å². The van der Waals surface area contributed by atoms with Crippen molar-refractivity contribution >= 4 is 11.6 Å². The van der Waals surface area contributed by atoms with Gasteiger partial charge in [0.2, 0.25) is 5.91 Å². The van der Waals surface area contributed by atoms with Crippen LogP contribution in [0, 0.1) is 5.92 Å². The fourth-order valence-electron chi connectivity index (χ4n) is 2.53. The standard InChI is InChI=1S/C15H22N2O2/c1-12-5-4-8-17(10-12)11-15(18)16-13-6-3-7-14(9-13)19-2/h3,6-7,9,12H,4-5,8,10-11H2,1-2H3,(H,16,18)/t12-/m1/s1. The van der Waals surface area contributed by atoms with Crippen LogP contribution in [0.15, 0.2) is 24.3 Å². The Balaban J connectivity index is 1.86. The number of hydrogen-bond donors (Lipinski definition) is 1. The third kappa shape index (κ3) is 4.24. The average molecular weight is 262 g/mol.